The van der Waals surface area contributed by atoms with Gasteiger partial charge in [-0.05, 0) is 23.8 Å². The van der Waals surface area contributed by atoms with Gasteiger partial charge in [0, 0.05) is 24.2 Å². The van der Waals surface area contributed by atoms with Crippen LogP contribution in [-0.4, -0.2) is 30.4 Å². The maximum absolute atomic E-state index is 13.8. The van der Waals surface area contributed by atoms with E-state index in [0.717, 1.165) is 0 Å². The van der Waals surface area contributed by atoms with E-state index in [9.17, 15) is 14.0 Å². The first-order valence-electron chi connectivity index (χ1n) is 7.73. The van der Waals surface area contributed by atoms with Crippen molar-refractivity contribution in [1.29, 1.82) is 5.26 Å². The van der Waals surface area contributed by atoms with Gasteiger partial charge in [-0.25, -0.2) is 9.18 Å². The van der Waals surface area contributed by atoms with Crippen LogP contribution in [0.2, 0.25) is 5.02 Å². The number of benzene rings is 2. The largest absolute Gasteiger partial charge is 0.452 e. The second-order valence-corrected chi connectivity index (χ2v) is 5.93. The molecule has 2 rings (SSSR count). The molecule has 0 aliphatic carbocycles. The van der Waals surface area contributed by atoms with Gasteiger partial charge in [0.1, 0.15) is 5.82 Å². The summed E-state index contributed by atoms with van der Waals surface area (Å²) < 4.78 is 18.8. The highest BCUT2D eigenvalue weighted by Crippen LogP contribution is 2.20. The molecule has 0 bridgehead atoms. The molecule has 5 nitrogen and oxygen atoms in total. The van der Waals surface area contributed by atoms with Gasteiger partial charge < -0.3 is 9.64 Å². The number of hydrogen-bond acceptors (Lipinski definition) is 4. The third-order valence-electron chi connectivity index (χ3n) is 3.72. The highest BCUT2D eigenvalue weighted by molar-refractivity contribution is 6.31. The maximum atomic E-state index is 13.8. The van der Waals surface area contributed by atoms with Gasteiger partial charge in [-0.1, -0.05) is 35.9 Å². The fourth-order valence-corrected chi connectivity index (χ4v) is 2.51. The Morgan fingerprint density at radius 3 is 2.65 bits per heavy atom. The molecule has 0 saturated carbocycles. The topological polar surface area (TPSA) is 70.4 Å². The third-order valence-corrected chi connectivity index (χ3v) is 4.07. The summed E-state index contributed by atoms with van der Waals surface area (Å²) in [5, 5.41) is 9.01. The minimum absolute atomic E-state index is 0.0487. The van der Waals surface area contributed by atoms with E-state index in [4.69, 9.17) is 21.6 Å². The SMILES string of the molecule is CN(Cc1c(F)cccc1Cl)C(=O)COC(=O)c1ccccc1CC#N. The zero-order chi connectivity index (χ0) is 19.1. The molecule has 0 aliphatic rings. The highest BCUT2D eigenvalue weighted by atomic mass is 35.5. The molecule has 0 atom stereocenters. The average molecular weight is 375 g/mol. The molecule has 0 radical (unpaired) electrons. The van der Waals surface area contributed by atoms with Gasteiger partial charge in [0.2, 0.25) is 0 Å². The van der Waals surface area contributed by atoms with E-state index in [2.05, 4.69) is 0 Å². The first-order chi connectivity index (χ1) is 12.4. The van der Waals surface area contributed by atoms with Crippen molar-refractivity contribution in [2.75, 3.05) is 13.7 Å². The Morgan fingerprint density at radius 2 is 1.96 bits per heavy atom. The number of esters is 1. The lowest BCUT2D eigenvalue weighted by molar-refractivity contribution is -0.133. The molecule has 0 aromatic heterocycles. The zero-order valence-electron chi connectivity index (χ0n) is 14.0. The van der Waals surface area contributed by atoms with Crippen LogP contribution in [-0.2, 0) is 22.5 Å². The standard InChI is InChI=1S/C19H16ClFN2O3/c1-23(11-15-16(20)7-4-8-17(15)21)18(24)12-26-19(25)14-6-3-2-5-13(14)9-10-22/h2-8H,9,11-12H2,1H3. The number of nitriles is 1. The summed E-state index contributed by atoms with van der Waals surface area (Å²) >= 11 is 5.94. The Balaban J connectivity index is 1.98. The number of halogens is 2. The number of hydrogen-bond donors (Lipinski definition) is 0. The molecule has 0 heterocycles. The number of nitrogens with zero attached hydrogens (tertiary/aromatic N) is 2. The van der Waals surface area contributed by atoms with E-state index in [1.165, 1.54) is 36.2 Å². The summed E-state index contributed by atoms with van der Waals surface area (Å²) in [5.74, 6) is -1.71. The van der Waals surface area contributed by atoms with Crippen LogP contribution in [0.1, 0.15) is 21.5 Å². The molecule has 0 aliphatic heterocycles. The summed E-state index contributed by atoms with van der Waals surface area (Å²) in [7, 11) is 1.46. The molecule has 2 aromatic rings. The van der Waals surface area contributed by atoms with E-state index in [0.29, 0.717) is 5.56 Å². The van der Waals surface area contributed by atoms with Gasteiger partial charge in [-0.3, -0.25) is 4.79 Å². The van der Waals surface area contributed by atoms with Gasteiger partial charge in [0.05, 0.1) is 18.1 Å². The number of ether oxygens (including phenoxy) is 1. The Morgan fingerprint density at radius 1 is 1.23 bits per heavy atom. The van der Waals surface area contributed by atoms with E-state index < -0.39 is 24.3 Å². The van der Waals surface area contributed by atoms with Crippen LogP contribution in [0.15, 0.2) is 42.5 Å². The van der Waals surface area contributed by atoms with Crippen LogP contribution in [0.4, 0.5) is 4.39 Å². The molecule has 0 fully saturated rings. The van der Waals surface area contributed by atoms with E-state index in [1.54, 1.807) is 18.2 Å². The summed E-state index contributed by atoms with van der Waals surface area (Å²) in [5.41, 5.74) is 0.955. The van der Waals surface area contributed by atoms with Crippen molar-refractivity contribution in [3.05, 3.63) is 70.0 Å². The lowest BCUT2D eigenvalue weighted by Crippen LogP contribution is -2.31. The second-order valence-electron chi connectivity index (χ2n) is 5.52. The summed E-state index contributed by atoms with van der Waals surface area (Å²) in [6.07, 6.45) is 0.0604. The summed E-state index contributed by atoms with van der Waals surface area (Å²) in [4.78, 5) is 25.5. The van der Waals surface area contributed by atoms with E-state index in [-0.39, 0.29) is 29.1 Å². The van der Waals surface area contributed by atoms with Gasteiger partial charge in [0.25, 0.3) is 5.91 Å². The summed E-state index contributed by atoms with van der Waals surface area (Å²) in [6, 6.07) is 12.8. The van der Waals surface area contributed by atoms with Crippen LogP contribution in [0.25, 0.3) is 0 Å². The van der Waals surface area contributed by atoms with E-state index >= 15 is 0 Å². The lowest BCUT2D eigenvalue weighted by Gasteiger charge is -2.18. The van der Waals surface area contributed by atoms with Crippen molar-refractivity contribution < 1.29 is 18.7 Å². The molecule has 2 aromatic carbocycles. The van der Waals surface area contributed by atoms with Crippen LogP contribution in [0, 0.1) is 17.1 Å². The Hall–Kier alpha value is -2.91. The normalized spacial score (nSPS) is 10.1. The van der Waals surface area contributed by atoms with Gasteiger partial charge in [-0.2, -0.15) is 5.26 Å². The first kappa shape index (κ1) is 19.4. The second kappa shape index (κ2) is 8.97. The molecular weight excluding hydrogens is 359 g/mol. The quantitative estimate of drug-likeness (QED) is 0.727. The molecule has 0 unspecified atom stereocenters. The fourth-order valence-electron chi connectivity index (χ4n) is 2.28. The smallest absolute Gasteiger partial charge is 0.338 e. The monoisotopic (exact) mass is 374 g/mol. The maximum Gasteiger partial charge on any atom is 0.338 e. The van der Waals surface area contributed by atoms with Crippen molar-refractivity contribution >= 4 is 23.5 Å². The number of carbonyl (C=O) groups is 2. The van der Waals surface area contributed by atoms with Crippen LogP contribution < -0.4 is 0 Å². The number of likely N-dealkylation sites (N-methyl/N-ethyl adjacent to an activating group) is 1. The van der Waals surface area contributed by atoms with Crippen molar-refractivity contribution in [1.82, 2.24) is 4.90 Å². The number of rotatable bonds is 6. The average Bonchev–Trinajstić information content (AvgIpc) is 2.63. The molecule has 1 amide bonds. The predicted octanol–water partition coefficient (Wildman–Crippen LogP) is 3.36. The van der Waals surface area contributed by atoms with Gasteiger partial charge >= 0.3 is 5.97 Å². The third kappa shape index (κ3) is 4.80. The molecule has 0 saturated heterocycles. The van der Waals surface area contributed by atoms with Crippen molar-refractivity contribution in [2.24, 2.45) is 0 Å². The molecular formula is C19H16ClFN2O3. The number of amides is 1. The molecule has 0 spiro atoms. The van der Waals surface area contributed by atoms with Gasteiger partial charge in [0.15, 0.2) is 6.61 Å². The molecule has 26 heavy (non-hydrogen) atoms. The fraction of sp³-hybridized carbons (Fsp3) is 0.211. The molecule has 7 heteroatoms. The van der Waals surface area contributed by atoms with Crippen LogP contribution >= 0.6 is 11.6 Å². The van der Waals surface area contributed by atoms with Crippen LogP contribution in [0.3, 0.4) is 0 Å². The van der Waals surface area contributed by atoms with Crippen molar-refractivity contribution in [3.8, 4) is 6.07 Å². The summed E-state index contributed by atoms with van der Waals surface area (Å²) in [6.45, 7) is -0.546. The lowest BCUT2D eigenvalue weighted by atomic mass is 10.1. The molecule has 134 valence electrons. The Kier molecular flexibility index (Phi) is 6.70. The highest BCUT2D eigenvalue weighted by Gasteiger charge is 2.18. The van der Waals surface area contributed by atoms with Crippen molar-refractivity contribution in [2.45, 2.75) is 13.0 Å². The van der Waals surface area contributed by atoms with Gasteiger partial charge in [-0.15, -0.1) is 0 Å². The number of carbonyl (C=O) groups excluding carboxylic acids is 2. The van der Waals surface area contributed by atoms with E-state index in [1.807, 2.05) is 6.07 Å². The first-order valence-corrected chi connectivity index (χ1v) is 8.10. The molecule has 0 N–H and O–H groups in total. The zero-order valence-corrected chi connectivity index (χ0v) is 14.8. The minimum atomic E-state index is -0.693. The Labute approximate surface area is 155 Å². The predicted molar refractivity (Wildman–Crippen MR) is 93.9 cm³/mol. The van der Waals surface area contributed by atoms with Crippen LogP contribution in [0.5, 0.6) is 0 Å². The Bertz CT molecular complexity index is 844. The minimum Gasteiger partial charge on any atom is -0.452 e. The van der Waals surface area contributed by atoms with Crippen molar-refractivity contribution in [3.63, 3.8) is 0 Å².